The van der Waals surface area contributed by atoms with Gasteiger partial charge < -0.3 is 5.73 Å². The quantitative estimate of drug-likeness (QED) is 0.791. The number of hydrogen-bond donors (Lipinski definition) is 1. The van der Waals surface area contributed by atoms with E-state index in [-0.39, 0.29) is 0 Å². The highest BCUT2D eigenvalue weighted by Crippen LogP contribution is 2.25. The minimum absolute atomic E-state index is 0.352. The molecule has 0 aliphatic heterocycles. The van der Waals surface area contributed by atoms with E-state index >= 15 is 0 Å². The van der Waals surface area contributed by atoms with Gasteiger partial charge in [-0.1, -0.05) is 30.7 Å². The predicted molar refractivity (Wildman–Crippen MR) is 64.2 cm³/mol. The molecule has 15 heavy (non-hydrogen) atoms. The van der Waals surface area contributed by atoms with Gasteiger partial charge in [-0.05, 0) is 35.5 Å². The summed E-state index contributed by atoms with van der Waals surface area (Å²) in [6, 6.07) is 8.18. The molecule has 0 fully saturated rings. The van der Waals surface area contributed by atoms with Crippen molar-refractivity contribution in [2.75, 3.05) is 6.54 Å². The fraction of sp³-hybridized carbons (Fsp3) is 0.250. The van der Waals surface area contributed by atoms with Crippen molar-refractivity contribution in [3.05, 3.63) is 41.2 Å². The molecule has 1 aromatic carbocycles. The number of hydrogen-bond acceptors (Lipinski definition) is 2. The Morgan fingerprint density at radius 3 is 2.93 bits per heavy atom. The number of pyridine rings is 1. The van der Waals surface area contributed by atoms with Crippen molar-refractivity contribution in [1.29, 1.82) is 0 Å². The Balaban J connectivity index is 2.59. The van der Waals surface area contributed by atoms with Gasteiger partial charge in [-0.2, -0.15) is 0 Å². The monoisotopic (exact) mass is 220 g/mol. The van der Waals surface area contributed by atoms with E-state index in [9.17, 15) is 0 Å². The van der Waals surface area contributed by atoms with Gasteiger partial charge in [0.1, 0.15) is 5.15 Å². The number of benzene rings is 1. The lowest BCUT2D eigenvalue weighted by atomic mass is 9.99. The van der Waals surface area contributed by atoms with Crippen LogP contribution >= 0.6 is 11.6 Å². The van der Waals surface area contributed by atoms with Crippen LogP contribution < -0.4 is 5.73 Å². The lowest BCUT2D eigenvalue weighted by Gasteiger charge is -2.10. The molecule has 0 spiro atoms. The minimum Gasteiger partial charge on any atom is -0.330 e. The number of nitrogens with zero attached hydrogens (tertiary/aromatic N) is 1. The van der Waals surface area contributed by atoms with E-state index in [1.807, 2.05) is 6.07 Å². The summed E-state index contributed by atoms with van der Waals surface area (Å²) in [5, 5.41) is 2.67. The topological polar surface area (TPSA) is 38.9 Å². The summed E-state index contributed by atoms with van der Waals surface area (Å²) >= 11 is 6.03. The van der Waals surface area contributed by atoms with Crippen LogP contribution in [0.5, 0.6) is 0 Å². The first-order valence-electron chi connectivity index (χ1n) is 4.96. The minimum atomic E-state index is 0.352. The van der Waals surface area contributed by atoms with E-state index in [0.717, 1.165) is 10.8 Å². The van der Waals surface area contributed by atoms with Crippen LogP contribution in [-0.4, -0.2) is 11.5 Å². The third-order valence-corrected chi connectivity index (χ3v) is 2.97. The zero-order chi connectivity index (χ0) is 10.8. The van der Waals surface area contributed by atoms with Crippen LogP contribution in [0, 0.1) is 0 Å². The second-order valence-electron chi connectivity index (χ2n) is 3.72. The molecule has 78 valence electrons. The van der Waals surface area contributed by atoms with Crippen molar-refractivity contribution in [1.82, 2.24) is 4.98 Å². The van der Waals surface area contributed by atoms with Crippen molar-refractivity contribution >= 4 is 22.4 Å². The molecule has 3 heteroatoms. The SMILES string of the molecule is CC(CN)c1ccc2ccnc(Cl)c2c1. The molecule has 1 atom stereocenters. The van der Waals surface area contributed by atoms with E-state index in [2.05, 4.69) is 30.1 Å². The number of fused-ring (bicyclic) bond motifs is 1. The van der Waals surface area contributed by atoms with Crippen LogP contribution in [0.2, 0.25) is 5.15 Å². The molecule has 0 amide bonds. The molecule has 0 aliphatic carbocycles. The number of halogens is 1. The van der Waals surface area contributed by atoms with Crippen molar-refractivity contribution in [2.45, 2.75) is 12.8 Å². The van der Waals surface area contributed by atoms with Crippen LogP contribution in [0.25, 0.3) is 10.8 Å². The highest BCUT2D eigenvalue weighted by molar-refractivity contribution is 6.34. The summed E-state index contributed by atoms with van der Waals surface area (Å²) in [6.45, 7) is 2.74. The maximum absolute atomic E-state index is 6.03. The highest BCUT2D eigenvalue weighted by atomic mass is 35.5. The van der Waals surface area contributed by atoms with Gasteiger partial charge in [-0.25, -0.2) is 4.98 Å². The summed E-state index contributed by atoms with van der Waals surface area (Å²) in [6.07, 6.45) is 1.72. The first-order chi connectivity index (χ1) is 7.22. The smallest absolute Gasteiger partial charge is 0.136 e. The summed E-state index contributed by atoms with van der Waals surface area (Å²) in [4.78, 5) is 4.07. The summed E-state index contributed by atoms with van der Waals surface area (Å²) in [5.74, 6) is 0.352. The van der Waals surface area contributed by atoms with Crippen LogP contribution in [0.15, 0.2) is 30.5 Å². The Morgan fingerprint density at radius 2 is 2.20 bits per heavy atom. The van der Waals surface area contributed by atoms with Crippen LogP contribution in [0.1, 0.15) is 18.4 Å². The van der Waals surface area contributed by atoms with Gasteiger partial charge in [0.15, 0.2) is 0 Å². The maximum atomic E-state index is 6.03. The summed E-state index contributed by atoms with van der Waals surface area (Å²) < 4.78 is 0. The number of aromatic nitrogens is 1. The third-order valence-electron chi connectivity index (χ3n) is 2.66. The molecular weight excluding hydrogens is 208 g/mol. The van der Waals surface area contributed by atoms with E-state index in [4.69, 9.17) is 17.3 Å². The highest BCUT2D eigenvalue weighted by Gasteiger charge is 2.05. The molecule has 0 saturated carbocycles. The fourth-order valence-corrected chi connectivity index (χ4v) is 1.81. The van der Waals surface area contributed by atoms with Crippen LogP contribution in [0.3, 0.4) is 0 Å². The molecule has 0 aliphatic rings. The maximum Gasteiger partial charge on any atom is 0.136 e. The van der Waals surface area contributed by atoms with Gasteiger partial charge in [-0.3, -0.25) is 0 Å². The Kier molecular flexibility index (Phi) is 2.89. The van der Waals surface area contributed by atoms with E-state index < -0.39 is 0 Å². The Labute approximate surface area is 94.1 Å². The zero-order valence-electron chi connectivity index (χ0n) is 8.57. The second kappa shape index (κ2) is 4.17. The Hall–Kier alpha value is -1.12. The average Bonchev–Trinajstić information content (AvgIpc) is 2.28. The summed E-state index contributed by atoms with van der Waals surface area (Å²) in [7, 11) is 0. The molecule has 2 nitrogen and oxygen atoms in total. The molecule has 0 bridgehead atoms. The molecule has 2 aromatic rings. The average molecular weight is 221 g/mol. The van der Waals surface area contributed by atoms with Gasteiger partial charge in [0, 0.05) is 11.6 Å². The first-order valence-corrected chi connectivity index (χ1v) is 5.34. The Morgan fingerprint density at radius 1 is 1.40 bits per heavy atom. The number of nitrogens with two attached hydrogens (primary N) is 1. The van der Waals surface area contributed by atoms with Crippen LogP contribution in [0.4, 0.5) is 0 Å². The lowest BCUT2D eigenvalue weighted by molar-refractivity contribution is 0.775. The van der Waals surface area contributed by atoms with Crippen molar-refractivity contribution in [3.8, 4) is 0 Å². The van der Waals surface area contributed by atoms with E-state index in [1.165, 1.54) is 5.56 Å². The first kappa shape index (κ1) is 10.4. The number of rotatable bonds is 2. The molecule has 0 radical (unpaired) electrons. The third kappa shape index (κ3) is 1.96. The van der Waals surface area contributed by atoms with Gasteiger partial charge >= 0.3 is 0 Å². The summed E-state index contributed by atoms with van der Waals surface area (Å²) in [5.41, 5.74) is 6.85. The lowest BCUT2D eigenvalue weighted by Crippen LogP contribution is -2.08. The largest absolute Gasteiger partial charge is 0.330 e. The van der Waals surface area contributed by atoms with Gasteiger partial charge in [0.05, 0.1) is 0 Å². The van der Waals surface area contributed by atoms with Gasteiger partial charge in [-0.15, -0.1) is 0 Å². The molecule has 0 saturated heterocycles. The fourth-order valence-electron chi connectivity index (χ4n) is 1.59. The molecule has 1 unspecified atom stereocenters. The Bertz CT molecular complexity index is 482. The van der Waals surface area contributed by atoms with Crippen molar-refractivity contribution in [2.24, 2.45) is 5.73 Å². The molecule has 1 heterocycles. The zero-order valence-corrected chi connectivity index (χ0v) is 9.33. The second-order valence-corrected chi connectivity index (χ2v) is 4.08. The standard InChI is InChI=1S/C12H13ClN2/c1-8(7-14)10-3-2-9-4-5-15-12(13)11(9)6-10/h2-6,8H,7,14H2,1H3. The molecule has 2 rings (SSSR count). The van der Waals surface area contributed by atoms with Crippen molar-refractivity contribution < 1.29 is 0 Å². The normalized spacial score (nSPS) is 13.0. The molecule has 2 N–H and O–H groups in total. The van der Waals surface area contributed by atoms with Gasteiger partial charge in [0.2, 0.25) is 0 Å². The molecular formula is C12H13ClN2. The predicted octanol–water partition coefficient (Wildman–Crippen LogP) is 2.95. The van der Waals surface area contributed by atoms with Crippen LogP contribution in [-0.2, 0) is 0 Å². The molecule has 1 aromatic heterocycles. The van der Waals surface area contributed by atoms with E-state index in [0.29, 0.717) is 17.6 Å². The van der Waals surface area contributed by atoms with Gasteiger partial charge in [0.25, 0.3) is 0 Å². The van der Waals surface area contributed by atoms with E-state index in [1.54, 1.807) is 6.20 Å². The van der Waals surface area contributed by atoms with Crippen molar-refractivity contribution in [3.63, 3.8) is 0 Å².